The highest BCUT2D eigenvalue weighted by molar-refractivity contribution is 5.81. The first kappa shape index (κ1) is 21.0. The van der Waals surface area contributed by atoms with Crippen LogP contribution in [0.25, 0.3) is 0 Å². The van der Waals surface area contributed by atoms with Gasteiger partial charge in [-0.05, 0) is 48.1 Å². The van der Waals surface area contributed by atoms with Gasteiger partial charge in [-0.3, -0.25) is 4.79 Å². The quantitative estimate of drug-likeness (QED) is 0.772. The Bertz CT molecular complexity index is 837. The van der Waals surface area contributed by atoms with Crippen molar-refractivity contribution in [2.45, 2.75) is 51.2 Å². The number of likely N-dealkylation sites (tertiary alicyclic amines) is 1. The molecule has 1 saturated heterocycles. The molecule has 0 bridgehead atoms. The minimum Gasteiger partial charge on any atom is -0.450 e. The predicted octanol–water partition coefficient (Wildman–Crippen LogP) is 4.18. The molecular formula is C22H27F3N2O3. The second kappa shape index (κ2) is 7.46. The van der Waals surface area contributed by atoms with E-state index in [0.29, 0.717) is 38.1 Å². The molecule has 0 unspecified atom stereocenters. The van der Waals surface area contributed by atoms with E-state index in [1.54, 1.807) is 6.07 Å². The van der Waals surface area contributed by atoms with Crippen molar-refractivity contribution in [3.63, 3.8) is 0 Å². The monoisotopic (exact) mass is 424 g/mol. The molecule has 1 aromatic rings. The Balaban J connectivity index is 1.29. The number of amides is 2. The number of hydrogen-bond donors (Lipinski definition) is 1. The molecule has 3 fully saturated rings. The number of halogens is 3. The van der Waals surface area contributed by atoms with Crippen LogP contribution < -0.4 is 5.32 Å². The zero-order valence-corrected chi connectivity index (χ0v) is 17.2. The number of rotatable bonds is 5. The molecule has 0 spiro atoms. The minimum absolute atomic E-state index is 0.0334. The Kier molecular flexibility index (Phi) is 5.22. The van der Waals surface area contributed by atoms with Crippen molar-refractivity contribution >= 4 is 12.0 Å². The second-order valence-corrected chi connectivity index (χ2v) is 9.08. The third-order valence-corrected chi connectivity index (χ3v) is 6.93. The lowest BCUT2D eigenvalue weighted by Gasteiger charge is -2.37. The summed E-state index contributed by atoms with van der Waals surface area (Å²) in [7, 11) is 0. The molecule has 2 saturated carbocycles. The van der Waals surface area contributed by atoms with Gasteiger partial charge in [-0.15, -0.1) is 0 Å². The van der Waals surface area contributed by atoms with E-state index in [9.17, 15) is 22.8 Å². The maximum absolute atomic E-state index is 13.0. The van der Waals surface area contributed by atoms with Crippen LogP contribution in [0.15, 0.2) is 24.3 Å². The molecule has 3 atom stereocenters. The number of alkyl halides is 3. The number of benzene rings is 1. The van der Waals surface area contributed by atoms with Crippen molar-refractivity contribution in [3.05, 3.63) is 35.4 Å². The van der Waals surface area contributed by atoms with Gasteiger partial charge < -0.3 is 15.0 Å². The van der Waals surface area contributed by atoms with Crippen LogP contribution in [-0.2, 0) is 15.7 Å². The first-order chi connectivity index (χ1) is 14.1. The summed E-state index contributed by atoms with van der Waals surface area (Å²) in [5, 5.41) is 2.77. The smallest absolute Gasteiger partial charge is 0.416 e. The van der Waals surface area contributed by atoms with Crippen LogP contribution in [0.2, 0.25) is 0 Å². The number of carbonyl (C=O) groups is 2. The number of alkyl carbamates (subject to hydrolysis) is 1. The fourth-order valence-corrected chi connectivity index (χ4v) is 5.19. The Morgan fingerprint density at radius 2 is 2.03 bits per heavy atom. The third kappa shape index (κ3) is 3.76. The van der Waals surface area contributed by atoms with E-state index in [0.717, 1.165) is 12.5 Å². The molecule has 0 radical (unpaired) electrons. The maximum atomic E-state index is 13.0. The Morgan fingerprint density at radius 1 is 1.30 bits per heavy atom. The largest absolute Gasteiger partial charge is 0.450 e. The second-order valence-electron chi connectivity index (χ2n) is 9.08. The van der Waals surface area contributed by atoms with Crippen LogP contribution in [0.1, 0.15) is 50.2 Å². The molecule has 1 aromatic carbocycles. The number of fused-ring (bicyclic) bond motifs is 1. The zero-order valence-electron chi connectivity index (χ0n) is 17.2. The van der Waals surface area contributed by atoms with Crippen LogP contribution in [0, 0.1) is 17.3 Å². The van der Waals surface area contributed by atoms with Crippen LogP contribution >= 0.6 is 0 Å². The number of nitrogens with one attached hydrogen (secondary N) is 1. The lowest BCUT2D eigenvalue weighted by atomic mass is 9.79. The van der Waals surface area contributed by atoms with Crippen molar-refractivity contribution in [3.8, 4) is 0 Å². The highest BCUT2D eigenvalue weighted by Crippen LogP contribution is 2.68. The van der Waals surface area contributed by atoms with Crippen LogP contribution in [0.3, 0.4) is 0 Å². The Labute approximate surface area is 173 Å². The van der Waals surface area contributed by atoms with Crippen molar-refractivity contribution in [2.75, 3.05) is 19.7 Å². The standard InChI is InChI=1S/C22H27F3N2O3/c1-3-7-30-20(29)26-16-9-14(10-16)19(28)27-11-17-18(21(17,2)12-27)13-5-4-6-15(8-13)22(23,24)25/h4-6,8,14,16-18H,3,7,9-12H2,1-2H3,(H,26,29)/t14?,16?,17-,18-,21-/m0/s1. The first-order valence-electron chi connectivity index (χ1n) is 10.5. The molecule has 1 N–H and O–H groups in total. The summed E-state index contributed by atoms with van der Waals surface area (Å²) in [5.41, 5.74) is -0.0690. The molecule has 1 aliphatic heterocycles. The van der Waals surface area contributed by atoms with E-state index in [1.807, 2.05) is 11.8 Å². The van der Waals surface area contributed by atoms with Gasteiger partial charge in [0.05, 0.1) is 12.2 Å². The van der Waals surface area contributed by atoms with Crippen molar-refractivity contribution in [1.29, 1.82) is 0 Å². The first-order valence-corrected chi connectivity index (χ1v) is 10.5. The fourth-order valence-electron chi connectivity index (χ4n) is 5.19. The van der Waals surface area contributed by atoms with Gasteiger partial charge in [0.25, 0.3) is 0 Å². The van der Waals surface area contributed by atoms with Gasteiger partial charge in [0.1, 0.15) is 0 Å². The van der Waals surface area contributed by atoms with E-state index >= 15 is 0 Å². The van der Waals surface area contributed by atoms with Crippen LogP contribution in [0.4, 0.5) is 18.0 Å². The van der Waals surface area contributed by atoms with E-state index in [1.165, 1.54) is 12.1 Å². The summed E-state index contributed by atoms with van der Waals surface area (Å²) in [5.74, 6) is 0.247. The molecule has 5 nitrogen and oxygen atoms in total. The third-order valence-electron chi connectivity index (χ3n) is 6.93. The van der Waals surface area contributed by atoms with Crippen molar-refractivity contribution in [2.24, 2.45) is 17.3 Å². The fraction of sp³-hybridized carbons (Fsp3) is 0.636. The van der Waals surface area contributed by atoms with Gasteiger partial charge in [0, 0.05) is 25.0 Å². The van der Waals surface area contributed by atoms with Gasteiger partial charge in [0.15, 0.2) is 0 Å². The number of hydrogen-bond acceptors (Lipinski definition) is 3. The topological polar surface area (TPSA) is 58.6 Å². The Morgan fingerprint density at radius 3 is 2.63 bits per heavy atom. The Hall–Kier alpha value is -2.25. The molecular weight excluding hydrogens is 397 g/mol. The van der Waals surface area contributed by atoms with E-state index in [4.69, 9.17) is 4.74 Å². The highest BCUT2D eigenvalue weighted by atomic mass is 19.4. The molecule has 0 aromatic heterocycles. The molecule has 1 heterocycles. The lowest BCUT2D eigenvalue weighted by molar-refractivity contribution is -0.139. The SMILES string of the molecule is CCCOC(=O)NC1CC(C(=O)N2C[C@H]3[C@H](c4cccc(C(F)(F)F)c4)[C@@]3(C)C2)C1. The number of ether oxygens (including phenoxy) is 1. The van der Waals surface area contributed by atoms with Gasteiger partial charge in [-0.1, -0.05) is 32.0 Å². The van der Waals surface area contributed by atoms with E-state index in [-0.39, 0.29) is 35.1 Å². The van der Waals surface area contributed by atoms with Crippen molar-refractivity contribution < 1.29 is 27.5 Å². The average Bonchev–Trinajstić information content (AvgIpc) is 3.07. The molecule has 2 amide bonds. The summed E-state index contributed by atoms with van der Waals surface area (Å²) < 4.78 is 44.1. The lowest BCUT2D eigenvalue weighted by Crippen LogP contribution is -2.50. The molecule has 3 aliphatic rings. The summed E-state index contributed by atoms with van der Waals surface area (Å²) >= 11 is 0. The molecule has 30 heavy (non-hydrogen) atoms. The van der Waals surface area contributed by atoms with Crippen LogP contribution in [0.5, 0.6) is 0 Å². The highest BCUT2D eigenvalue weighted by Gasteiger charge is 2.67. The summed E-state index contributed by atoms with van der Waals surface area (Å²) in [6.07, 6.45) is -2.81. The summed E-state index contributed by atoms with van der Waals surface area (Å²) in [4.78, 5) is 26.2. The normalized spacial score (nSPS) is 32.2. The van der Waals surface area contributed by atoms with Gasteiger partial charge in [-0.25, -0.2) is 4.79 Å². The predicted molar refractivity (Wildman–Crippen MR) is 104 cm³/mol. The summed E-state index contributed by atoms with van der Waals surface area (Å²) in [6.45, 7) is 5.52. The van der Waals surface area contributed by atoms with Gasteiger partial charge in [-0.2, -0.15) is 13.2 Å². The van der Waals surface area contributed by atoms with E-state index < -0.39 is 17.8 Å². The number of carbonyl (C=O) groups excluding carboxylic acids is 2. The molecule has 8 heteroatoms. The molecule has 2 aliphatic carbocycles. The minimum atomic E-state index is -4.35. The molecule has 164 valence electrons. The maximum Gasteiger partial charge on any atom is 0.416 e. The molecule has 4 rings (SSSR count). The van der Waals surface area contributed by atoms with Gasteiger partial charge in [0.2, 0.25) is 5.91 Å². The number of piperidine rings is 1. The average molecular weight is 424 g/mol. The number of nitrogens with zero attached hydrogens (tertiary/aromatic N) is 1. The van der Waals surface area contributed by atoms with E-state index in [2.05, 4.69) is 12.2 Å². The van der Waals surface area contributed by atoms with Gasteiger partial charge >= 0.3 is 12.3 Å². The summed E-state index contributed by atoms with van der Waals surface area (Å²) in [6, 6.07) is 5.54. The zero-order chi connectivity index (χ0) is 21.7. The van der Waals surface area contributed by atoms with Crippen molar-refractivity contribution in [1.82, 2.24) is 10.2 Å². The van der Waals surface area contributed by atoms with Crippen LogP contribution in [-0.4, -0.2) is 42.6 Å².